The largest absolute Gasteiger partial charge is 0.435 e. The molecule has 1 aromatic heterocycles. The van der Waals surface area contributed by atoms with Crippen molar-refractivity contribution in [2.75, 3.05) is 13.1 Å². The number of para-hydroxylation sites is 2. The van der Waals surface area contributed by atoms with Crippen LogP contribution in [-0.4, -0.2) is 39.0 Å². The van der Waals surface area contributed by atoms with Crippen LogP contribution in [0.1, 0.15) is 31.5 Å². The van der Waals surface area contributed by atoms with Crippen LogP contribution in [0.4, 0.5) is 4.39 Å². The van der Waals surface area contributed by atoms with Crippen molar-refractivity contribution in [2.45, 2.75) is 39.8 Å². The zero-order valence-electron chi connectivity index (χ0n) is 17.2. The van der Waals surface area contributed by atoms with E-state index in [2.05, 4.69) is 16.9 Å². The molecule has 0 fully saturated rings. The maximum absolute atomic E-state index is 14.3. The van der Waals surface area contributed by atoms with Crippen LogP contribution in [0.25, 0.3) is 5.69 Å². The number of rotatable bonds is 9. The van der Waals surface area contributed by atoms with Gasteiger partial charge in [-0.05, 0) is 51.1 Å². The molecule has 5 nitrogen and oxygen atoms in total. The maximum atomic E-state index is 14.3. The summed E-state index contributed by atoms with van der Waals surface area (Å²) >= 11 is 0. The molecule has 2 aromatic carbocycles. The predicted molar refractivity (Wildman–Crippen MR) is 112 cm³/mol. The minimum atomic E-state index is -0.443. The van der Waals surface area contributed by atoms with E-state index >= 15 is 0 Å². The third-order valence-corrected chi connectivity index (χ3v) is 4.63. The van der Waals surface area contributed by atoms with Crippen molar-refractivity contribution >= 4 is 0 Å². The molecule has 6 heteroatoms. The lowest BCUT2D eigenvalue weighted by Crippen LogP contribution is -2.31. The molecule has 0 spiro atoms. The molecule has 29 heavy (non-hydrogen) atoms. The Labute approximate surface area is 171 Å². The Hall–Kier alpha value is -2.70. The van der Waals surface area contributed by atoms with Crippen LogP contribution < -0.4 is 4.74 Å². The molecule has 0 bridgehead atoms. The topological polar surface area (TPSA) is 50.5 Å². The average Bonchev–Trinajstić information content (AvgIpc) is 3.00. The maximum Gasteiger partial charge on any atom is 0.227 e. The molecule has 0 amide bonds. The molecule has 0 saturated heterocycles. The minimum absolute atomic E-state index is 0.156. The number of aryl methyl sites for hydroxylation is 1. The average molecular weight is 397 g/mol. The van der Waals surface area contributed by atoms with Gasteiger partial charge >= 0.3 is 0 Å². The van der Waals surface area contributed by atoms with Gasteiger partial charge in [0.1, 0.15) is 0 Å². The third-order valence-electron chi connectivity index (χ3n) is 4.63. The fourth-order valence-corrected chi connectivity index (χ4v) is 3.35. The number of benzene rings is 2. The molecule has 3 rings (SSSR count). The van der Waals surface area contributed by atoms with E-state index in [1.807, 2.05) is 37.3 Å². The van der Waals surface area contributed by atoms with Gasteiger partial charge in [0.05, 0.1) is 23.0 Å². The fraction of sp³-hybridized carbons (Fsp3) is 0.348. The van der Waals surface area contributed by atoms with Gasteiger partial charge in [0.25, 0.3) is 0 Å². The van der Waals surface area contributed by atoms with Gasteiger partial charge in [0.15, 0.2) is 11.6 Å². The Bertz CT molecular complexity index is 925. The molecule has 3 aromatic rings. The smallest absolute Gasteiger partial charge is 0.227 e. The van der Waals surface area contributed by atoms with E-state index in [1.54, 1.807) is 29.8 Å². The molecule has 1 heterocycles. The molecular formula is C23H28FN3O2. The summed E-state index contributed by atoms with van der Waals surface area (Å²) in [6.45, 7) is 7.74. The van der Waals surface area contributed by atoms with Crippen molar-refractivity contribution in [3.05, 3.63) is 71.7 Å². The number of ether oxygens (including phenoxy) is 1. The molecule has 0 aliphatic rings. The molecule has 0 aliphatic carbocycles. The number of aliphatic hydroxyl groups excluding tert-OH is 1. The van der Waals surface area contributed by atoms with E-state index in [1.165, 1.54) is 6.07 Å². The van der Waals surface area contributed by atoms with Crippen LogP contribution in [-0.2, 0) is 6.54 Å². The first-order valence-corrected chi connectivity index (χ1v) is 9.96. The summed E-state index contributed by atoms with van der Waals surface area (Å²) in [5.74, 6) is 0.222. The van der Waals surface area contributed by atoms with Crippen LogP contribution >= 0.6 is 0 Å². The van der Waals surface area contributed by atoms with Gasteiger partial charge < -0.3 is 9.84 Å². The number of aliphatic hydroxyl groups is 1. The number of hydrogen-bond donors (Lipinski definition) is 1. The second kappa shape index (κ2) is 9.67. The predicted octanol–water partition coefficient (Wildman–Crippen LogP) is 4.70. The molecule has 1 atom stereocenters. The Balaban J connectivity index is 2.05. The minimum Gasteiger partial charge on any atom is -0.435 e. The highest BCUT2D eigenvalue weighted by molar-refractivity contribution is 5.43. The van der Waals surface area contributed by atoms with Crippen LogP contribution in [0.2, 0.25) is 0 Å². The summed E-state index contributed by atoms with van der Waals surface area (Å²) < 4.78 is 22.1. The van der Waals surface area contributed by atoms with Gasteiger partial charge in [-0.3, -0.25) is 4.90 Å². The molecular weight excluding hydrogens is 369 g/mol. The molecule has 1 N–H and O–H groups in total. The van der Waals surface area contributed by atoms with E-state index in [0.717, 1.165) is 29.9 Å². The van der Waals surface area contributed by atoms with E-state index in [0.29, 0.717) is 19.0 Å². The number of aromatic nitrogens is 2. The van der Waals surface area contributed by atoms with Crippen LogP contribution in [0.3, 0.4) is 0 Å². The van der Waals surface area contributed by atoms with E-state index < -0.39 is 11.9 Å². The van der Waals surface area contributed by atoms with Crippen molar-refractivity contribution in [2.24, 2.45) is 0 Å². The van der Waals surface area contributed by atoms with Gasteiger partial charge in [-0.1, -0.05) is 37.3 Å². The van der Waals surface area contributed by atoms with E-state index in [-0.39, 0.29) is 5.75 Å². The first-order valence-electron chi connectivity index (χ1n) is 9.96. The summed E-state index contributed by atoms with van der Waals surface area (Å²) in [6, 6.07) is 16.0. The van der Waals surface area contributed by atoms with Gasteiger partial charge in [0.2, 0.25) is 5.88 Å². The summed E-state index contributed by atoms with van der Waals surface area (Å²) in [7, 11) is 0. The van der Waals surface area contributed by atoms with E-state index in [9.17, 15) is 9.50 Å². The highest BCUT2D eigenvalue weighted by Crippen LogP contribution is 2.32. The lowest BCUT2D eigenvalue weighted by Gasteiger charge is -2.23. The van der Waals surface area contributed by atoms with Crippen molar-refractivity contribution in [1.29, 1.82) is 0 Å². The van der Waals surface area contributed by atoms with Crippen molar-refractivity contribution in [3.63, 3.8) is 0 Å². The number of halogens is 1. The van der Waals surface area contributed by atoms with E-state index in [4.69, 9.17) is 4.74 Å². The Kier molecular flexibility index (Phi) is 7.01. The standard InChI is InChI=1S/C23H28FN3O2/c1-4-14-26(15-17(2)28)16-20-18(3)25-27(19-10-6-5-7-11-19)23(20)29-22-13-9-8-12-21(22)24/h5-13,17,28H,4,14-16H2,1-3H3/t17-/m0/s1. The Morgan fingerprint density at radius 1 is 1.14 bits per heavy atom. The molecule has 0 radical (unpaired) electrons. The zero-order chi connectivity index (χ0) is 20.8. The summed E-state index contributed by atoms with van der Waals surface area (Å²) in [6.07, 6.45) is 0.518. The Morgan fingerprint density at radius 2 is 1.83 bits per heavy atom. The van der Waals surface area contributed by atoms with Gasteiger partial charge in [-0.15, -0.1) is 0 Å². The quantitative estimate of drug-likeness (QED) is 0.568. The first-order chi connectivity index (χ1) is 14.0. The molecule has 0 saturated carbocycles. The van der Waals surface area contributed by atoms with Crippen molar-refractivity contribution in [1.82, 2.24) is 14.7 Å². The van der Waals surface area contributed by atoms with Crippen molar-refractivity contribution in [3.8, 4) is 17.3 Å². The normalized spacial score (nSPS) is 12.3. The SMILES string of the molecule is CCCN(Cc1c(C)nn(-c2ccccc2)c1Oc1ccccc1F)C[C@H](C)O. The van der Waals surface area contributed by atoms with Gasteiger partial charge in [0, 0.05) is 13.1 Å². The molecule has 0 unspecified atom stereocenters. The highest BCUT2D eigenvalue weighted by atomic mass is 19.1. The fourth-order valence-electron chi connectivity index (χ4n) is 3.35. The lowest BCUT2D eigenvalue weighted by atomic mass is 10.2. The van der Waals surface area contributed by atoms with Gasteiger partial charge in [-0.2, -0.15) is 5.10 Å². The second-order valence-corrected chi connectivity index (χ2v) is 7.23. The summed E-state index contributed by atoms with van der Waals surface area (Å²) in [4.78, 5) is 2.16. The lowest BCUT2D eigenvalue weighted by molar-refractivity contribution is 0.122. The van der Waals surface area contributed by atoms with Crippen LogP contribution in [0.15, 0.2) is 54.6 Å². The highest BCUT2D eigenvalue weighted by Gasteiger charge is 2.22. The third kappa shape index (κ3) is 5.22. The first kappa shape index (κ1) is 21.0. The number of nitrogens with zero attached hydrogens (tertiary/aromatic N) is 3. The Morgan fingerprint density at radius 3 is 2.48 bits per heavy atom. The number of hydrogen-bond acceptors (Lipinski definition) is 4. The monoisotopic (exact) mass is 397 g/mol. The van der Waals surface area contributed by atoms with Crippen molar-refractivity contribution < 1.29 is 14.2 Å². The molecule has 0 aliphatic heterocycles. The van der Waals surface area contributed by atoms with Gasteiger partial charge in [-0.25, -0.2) is 9.07 Å². The molecule has 154 valence electrons. The summed E-state index contributed by atoms with van der Waals surface area (Å²) in [5, 5.41) is 14.6. The zero-order valence-corrected chi connectivity index (χ0v) is 17.2. The van der Waals surface area contributed by atoms with Crippen LogP contribution in [0.5, 0.6) is 11.6 Å². The second-order valence-electron chi connectivity index (χ2n) is 7.23. The van der Waals surface area contributed by atoms with Crippen LogP contribution in [0, 0.1) is 12.7 Å². The summed E-state index contributed by atoms with van der Waals surface area (Å²) in [5.41, 5.74) is 2.53.